The molecule has 0 aromatic carbocycles. The molecule has 0 fully saturated rings. The fourth-order valence-corrected chi connectivity index (χ4v) is 1.73. The second-order valence-corrected chi connectivity index (χ2v) is 4.02. The largest absolute Gasteiger partial charge is 0.401 e. The number of hydrogen-bond acceptors (Lipinski definition) is 2. The number of nitrogens with zero attached hydrogens (tertiary/aromatic N) is 1. The van der Waals surface area contributed by atoms with Gasteiger partial charge in [-0.2, -0.15) is 13.2 Å². The van der Waals surface area contributed by atoms with E-state index in [2.05, 4.69) is 10.2 Å². The Balaban J connectivity index is 3.86. The van der Waals surface area contributed by atoms with Crippen LogP contribution in [0.1, 0.15) is 27.7 Å². The van der Waals surface area contributed by atoms with Gasteiger partial charge < -0.3 is 5.32 Å². The van der Waals surface area contributed by atoms with Gasteiger partial charge in [-0.05, 0) is 27.3 Å². The maximum Gasteiger partial charge on any atom is 0.401 e. The van der Waals surface area contributed by atoms with Gasteiger partial charge in [0.1, 0.15) is 0 Å². The summed E-state index contributed by atoms with van der Waals surface area (Å²) in [5.41, 5.74) is 0. The molecule has 1 N–H and O–H groups in total. The fraction of sp³-hybridized carbons (Fsp3) is 1.00. The Morgan fingerprint density at radius 2 is 1.73 bits per heavy atom. The molecule has 0 heterocycles. The lowest BCUT2D eigenvalue weighted by molar-refractivity contribution is -0.125. The quantitative estimate of drug-likeness (QED) is 0.747. The Bertz CT molecular complexity index is 169. The van der Waals surface area contributed by atoms with Crippen LogP contribution in [0, 0.1) is 0 Å². The van der Waals surface area contributed by atoms with Crippen LogP contribution >= 0.6 is 0 Å². The molecule has 0 amide bonds. The molecule has 2 nitrogen and oxygen atoms in total. The van der Waals surface area contributed by atoms with E-state index in [0.29, 0.717) is 12.6 Å². The van der Waals surface area contributed by atoms with Crippen molar-refractivity contribution in [1.82, 2.24) is 10.2 Å². The van der Waals surface area contributed by atoms with Gasteiger partial charge in [0.2, 0.25) is 0 Å². The highest BCUT2D eigenvalue weighted by Crippen LogP contribution is 2.12. The van der Waals surface area contributed by atoms with E-state index in [1.807, 2.05) is 27.7 Å². The van der Waals surface area contributed by atoms with E-state index < -0.39 is 12.7 Å². The van der Waals surface area contributed by atoms with Crippen LogP contribution in [0.2, 0.25) is 0 Å². The van der Waals surface area contributed by atoms with E-state index in [4.69, 9.17) is 0 Å². The molecule has 0 aliphatic heterocycles. The lowest BCUT2D eigenvalue weighted by Crippen LogP contribution is -2.45. The SMILES string of the molecule is CCN(C(C)C)C(C)CNCC(F)(F)F. The average molecular weight is 226 g/mol. The lowest BCUT2D eigenvalue weighted by Gasteiger charge is -2.31. The first-order valence-corrected chi connectivity index (χ1v) is 5.31. The van der Waals surface area contributed by atoms with E-state index in [-0.39, 0.29) is 6.04 Å². The van der Waals surface area contributed by atoms with Gasteiger partial charge in [-0.15, -0.1) is 0 Å². The first-order chi connectivity index (χ1) is 6.78. The average Bonchev–Trinajstić information content (AvgIpc) is 2.01. The molecule has 0 aliphatic carbocycles. The molecule has 0 saturated heterocycles. The van der Waals surface area contributed by atoms with Crippen molar-refractivity contribution in [3.8, 4) is 0 Å². The molecule has 0 aromatic rings. The summed E-state index contributed by atoms with van der Waals surface area (Å²) in [6.07, 6.45) is -4.12. The topological polar surface area (TPSA) is 15.3 Å². The van der Waals surface area contributed by atoms with Crippen LogP contribution in [-0.2, 0) is 0 Å². The second kappa shape index (κ2) is 6.33. The summed E-state index contributed by atoms with van der Waals surface area (Å²) in [5, 5.41) is 2.43. The molecular weight excluding hydrogens is 205 g/mol. The zero-order valence-electron chi connectivity index (χ0n) is 9.86. The molecule has 1 unspecified atom stereocenters. The van der Waals surface area contributed by atoms with Crippen LogP contribution in [0.4, 0.5) is 13.2 Å². The van der Waals surface area contributed by atoms with E-state index in [0.717, 1.165) is 6.54 Å². The van der Waals surface area contributed by atoms with Gasteiger partial charge in [0.15, 0.2) is 0 Å². The predicted molar refractivity (Wildman–Crippen MR) is 55.9 cm³/mol. The van der Waals surface area contributed by atoms with Crippen molar-refractivity contribution < 1.29 is 13.2 Å². The zero-order chi connectivity index (χ0) is 12.1. The molecule has 5 heteroatoms. The number of halogens is 3. The molecule has 0 aromatic heterocycles. The minimum atomic E-state index is -4.12. The third-order valence-corrected chi connectivity index (χ3v) is 2.36. The van der Waals surface area contributed by atoms with Crippen LogP contribution in [0.5, 0.6) is 0 Å². The van der Waals surface area contributed by atoms with Crippen LogP contribution in [0.3, 0.4) is 0 Å². The molecule has 0 saturated carbocycles. The third-order valence-electron chi connectivity index (χ3n) is 2.36. The Kier molecular flexibility index (Phi) is 6.20. The van der Waals surface area contributed by atoms with Crippen molar-refractivity contribution in [3.05, 3.63) is 0 Å². The smallest absolute Gasteiger partial charge is 0.307 e. The molecule has 15 heavy (non-hydrogen) atoms. The van der Waals surface area contributed by atoms with Gasteiger partial charge in [0.05, 0.1) is 6.54 Å². The van der Waals surface area contributed by atoms with Crippen LogP contribution < -0.4 is 5.32 Å². The second-order valence-electron chi connectivity index (χ2n) is 4.02. The summed E-state index contributed by atoms with van der Waals surface area (Å²) in [4.78, 5) is 2.16. The lowest BCUT2D eigenvalue weighted by atomic mass is 10.2. The molecule has 1 atom stereocenters. The summed E-state index contributed by atoms with van der Waals surface area (Å²) in [5.74, 6) is 0. The van der Waals surface area contributed by atoms with Crippen molar-refractivity contribution in [2.24, 2.45) is 0 Å². The summed E-state index contributed by atoms with van der Waals surface area (Å²) >= 11 is 0. The summed E-state index contributed by atoms with van der Waals surface area (Å²) in [6, 6.07) is 0.482. The summed E-state index contributed by atoms with van der Waals surface area (Å²) in [7, 11) is 0. The normalized spacial score (nSPS) is 15.0. The maximum absolute atomic E-state index is 11.9. The van der Waals surface area contributed by atoms with Crippen molar-refractivity contribution in [2.45, 2.75) is 46.0 Å². The Labute approximate surface area is 89.8 Å². The summed E-state index contributed by atoms with van der Waals surface area (Å²) < 4.78 is 35.6. The Morgan fingerprint density at radius 1 is 1.20 bits per heavy atom. The van der Waals surface area contributed by atoms with Crippen molar-refractivity contribution >= 4 is 0 Å². The first-order valence-electron chi connectivity index (χ1n) is 5.31. The standard InChI is InChI=1S/C10H21F3N2/c1-5-15(8(2)3)9(4)6-14-7-10(11,12)13/h8-9,14H,5-7H2,1-4H3. The molecule has 0 radical (unpaired) electrons. The first kappa shape index (κ1) is 14.7. The van der Waals surface area contributed by atoms with E-state index in [9.17, 15) is 13.2 Å². The highest BCUT2D eigenvalue weighted by Gasteiger charge is 2.26. The number of alkyl halides is 3. The van der Waals surface area contributed by atoms with Crippen molar-refractivity contribution in [1.29, 1.82) is 0 Å². The van der Waals surface area contributed by atoms with Gasteiger partial charge in [0, 0.05) is 18.6 Å². The van der Waals surface area contributed by atoms with E-state index >= 15 is 0 Å². The number of rotatable bonds is 6. The number of likely N-dealkylation sites (N-methyl/N-ethyl adjacent to an activating group) is 1. The van der Waals surface area contributed by atoms with E-state index in [1.165, 1.54) is 0 Å². The van der Waals surface area contributed by atoms with Gasteiger partial charge >= 0.3 is 6.18 Å². The van der Waals surface area contributed by atoms with Crippen LogP contribution in [0.15, 0.2) is 0 Å². The molecule has 92 valence electrons. The minimum Gasteiger partial charge on any atom is -0.307 e. The Hall–Kier alpha value is -0.290. The zero-order valence-corrected chi connectivity index (χ0v) is 9.86. The van der Waals surface area contributed by atoms with Gasteiger partial charge in [-0.3, -0.25) is 4.90 Å². The number of nitrogens with one attached hydrogen (secondary N) is 1. The summed E-state index contributed by atoms with van der Waals surface area (Å²) in [6.45, 7) is 8.35. The molecular formula is C10H21F3N2. The van der Waals surface area contributed by atoms with Crippen LogP contribution in [-0.4, -0.2) is 42.8 Å². The monoisotopic (exact) mass is 226 g/mol. The van der Waals surface area contributed by atoms with E-state index in [1.54, 1.807) is 0 Å². The maximum atomic E-state index is 11.9. The van der Waals surface area contributed by atoms with Crippen molar-refractivity contribution in [3.63, 3.8) is 0 Å². The van der Waals surface area contributed by atoms with Crippen molar-refractivity contribution in [2.75, 3.05) is 19.6 Å². The molecule has 0 aliphatic rings. The van der Waals surface area contributed by atoms with Gasteiger partial charge in [-0.25, -0.2) is 0 Å². The highest BCUT2D eigenvalue weighted by molar-refractivity contribution is 4.72. The molecule has 0 bridgehead atoms. The third kappa shape index (κ3) is 6.73. The Morgan fingerprint density at radius 3 is 2.07 bits per heavy atom. The molecule has 0 rings (SSSR count). The van der Waals surface area contributed by atoms with Gasteiger partial charge in [0.25, 0.3) is 0 Å². The minimum absolute atomic E-state index is 0.123. The highest BCUT2D eigenvalue weighted by atomic mass is 19.4. The fourth-order valence-electron chi connectivity index (χ4n) is 1.73. The van der Waals surface area contributed by atoms with Crippen LogP contribution in [0.25, 0.3) is 0 Å². The van der Waals surface area contributed by atoms with Gasteiger partial charge in [-0.1, -0.05) is 6.92 Å². The predicted octanol–water partition coefficient (Wildman–Crippen LogP) is 2.26. The number of hydrogen-bond donors (Lipinski definition) is 1. The molecule has 0 spiro atoms.